The van der Waals surface area contributed by atoms with E-state index in [-0.39, 0.29) is 0 Å². The molecule has 0 aliphatic rings. The van der Waals surface area contributed by atoms with Gasteiger partial charge in [0.05, 0.1) is 4.75 Å². The molecule has 0 aliphatic carbocycles. The molecule has 0 saturated heterocycles. The molecule has 0 atom stereocenters. The highest BCUT2D eigenvalue weighted by molar-refractivity contribution is 7.90. The van der Waals surface area contributed by atoms with Crippen LogP contribution in [0.3, 0.4) is 0 Å². The molecule has 0 saturated carbocycles. The maximum atomic E-state index is 11.8. The lowest BCUT2D eigenvalue weighted by Gasteiger charge is -2.19. The van der Waals surface area contributed by atoms with Crippen LogP contribution in [0.1, 0.15) is 40.0 Å². The maximum Gasteiger partial charge on any atom is 0.222 e. The monoisotopic (exact) mass is 300 g/mol. The maximum absolute atomic E-state index is 11.8. The molecule has 114 valence electrons. The van der Waals surface area contributed by atoms with E-state index in [1.54, 1.807) is 39.2 Å². The van der Waals surface area contributed by atoms with Gasteiger partial charge >= 0.3 is 0 Å². The lowest BCUT2D eigenvalue weighted by Crippen LogP contribution is -2.39. The molecule has 1 rings (SSSR count). The standard InChI is InChI=1S/C13H24N4O2S/c1-13(2,3)20(18,19)17-11-6-4-5-8-14-12-15-9-7-10-16-12/h7,9-10,17H,4-6,8,11H2,1-3H3,(H,14,15,16). The summed E-state index contributed by atoms with van der Waals surface area (Å²) in [6, 6.07) is 1.77. The van der Waals surface area contributed by atoms with Crippen molar-refractivity contribution in [3.8, 4) is 0 Å². The van der Waals surface area contributed by atoms with Crippen LogP contribution < -0.4 is 10.0 Å². The Hall–Kier alpha value is -1.21. The predicted molar refractivity (Wildman–Crippen MR) is 81.0 cm³/mol. The topological polar surface area (TPSA) is 84.0 Å². The smallest absolute Gasteiger partial charge is 0.222 e. The van der Waals surface area contributed by atoms with Crippen molar-refractivity contribution in [2.24, 2.45) is 0 Å². The molecule has 1 aromatic rings. The zero-order valence-electron chi connectivity index (χ0n) is 12.4. The average Bonchev–Trinajstić information content (AvgIpc) is 2.37. The first-order valence-corrected chi connectivity index (χ1v) is 8.31. The Labute approximate surface area is 121 Å². The van der Waals surface area contributed by atoms with Crippen LogP contribution in [0.4, 0.5) is 5.95 Å². The van der Waals surface area contributed by atoms with E-state index in [4.69, 9.17) is 0 Å². The van der Waals surface area contributed by atoms with E-state index >= 15 is 0 Å². The van der Waals surface area contributed by atoms with Crippen LogP contribution in [0.15, 0.2) is 18.5 Å². The minimum atomic E-state index is -3.22. The zero-order valence-corrected chi connectivity index (χ0v) is 13.2. The Kier molecular flexibility index (Phi) is 6.35. The molecule has 0 spiro atoms. The summed E-state index contributed by atoms with van der Waals surface area (Å²) in [6.45, 7) is 6.36. The summed E-state index contributed by atoms with van der Waals surface area (Å²) in [5.41, 5.74) is 0. The molecular formula is C13H24N4O2S. The van der Waals surface area contributed by atoms with Gasteiger partial charge in [0.2, 0.25) is 16.0 Å². The van der Waals surface area contributed by atoms with Crippen molar-refractivity contribution in [2.75, 3.05) is 18.4 Å². The van der Waals surface area contributed by atoms with Gasteiger partial charge in [-0.25, -0.2) is 23.1 Å². The zero-order chi connectivity index (χ0) is 15.1. The molecule has 0 fully saturated rings. The van der Waals surface area contributed by atoms with Crippen molar-refractivity contribution < 1.29 is 8.42 Å². The molecule has 0 aromatic carbocycles. The van der Waals surface area contributed by atoms with Crippen LogP contribution in [-0.4, -0.2) is 36.2 Å². The van der Waals surface area contributed by atoms with Crippen molar-refractivity contribution >= 4 is 16.0 Å². The SMILES string of the molecule is CC(C)(C)S(=O)(=O)NCCCCCNc1ncccn1. The molecule has 1 heterocycles. The summed E-state index contributed by atoms with van der Waals surface area (Å²) < 4.78 is 25.5. The second-order valence-corrected chi connectivity index (χ2v) is 8.09. The van der Waals surface area contributed by atoms with Gasteiger partial charge in [-0.15, -0.1) is 0 Å². The van der Waals surface area contributed by atoms with Gasteiger partial charge in [0, 0.05) is 25.5 Å². The van der Waals surface area contributed by atoms with Crippen LogP contribution in [0.2, 0.25) is 0 Å². The lowest BCUT2D eigenvalue weighted by atomic mass is 10.2. The molecule has 0 aliphatic heterocycles. The fourth-order valence-corrected chi connectivity index (χ4v) is 2.29. The summed E-state index contributed by atoms with van der Waals surface area (Å²) in [4.78, 5) is 8.12. The summed E-state index contributed by atoms with van der Waals surface area (Å²) in [6.07, 6.45) is 6.11. The van der Waals surface area contributed by atoms with Gasteiger partial charge in [-0.3, -0.25) is 0 Å². The largest absolute Gasteiger partial charge is 0.354 e. The van der Waals surface area contributed by atoms with Crippen molar-refractivity contribution in [3.63, 3.8) is 0 Å². The fourth-order valence-electron chi connectivity index (χ4n) is 1.44. The predicted octanol–water partition coefficient (Wildman–Crippen LogP) is 1.78. The Morgan fingerprint density at radius 1 is 1.05 bits per heavy atom. The fraction of sp³-hybridized carbons (Fsp3) is 0.692. The Morgan fingerprint density at radius 2 is 1.65 bits per heavy atom. The van der Waals surface area contributed by atoms with Crippen LogP contribution >= 0.6 is 0 Å². The molecule has 6 nitrogen and oxygen atoms in total. The molecule has 2 N–H and O–H groups in total. The highest BCUT2D eigenvalue weighted by Crippen LogP contribution is 2.12. The van der Waals surface area contributed by atoms with Crippen LogP contribution in [0.5, 0.6) is 0 Å². The van der Waals surface area contributed by atoms with Gasteiger partial charge < -0.3 is 5.32 Å². The molecule has 0 amide bonds. The molecule has 1 aromatic heterocycles. The van der Waals surface area contributed by atoms with Crippen molar-refractivity contribution in [3.05, 3.63) is 18.5 Å². The number of nitrogens with one attached hydrogen (secondary N) is 2. The molecule has 20 heavy (non-hydrogen) atoms. The summed E-state index contributed by atoms with van der Waals surface area (Å²) >= 11 is 0. The van der Waals surface area contributed by atoms with E-state index in [0.717, 1.165) is 25.8 Å². The normalized spacial score (nSPS) is 12.3. The van der Waals surface area contributed by atoms with Gasteiger partial charge in [-0.2, -0.15) is 0 Å². The number of nitrogens with zero attached hydrogens (tertiary/aromatic N) is 2. The lowest BCUT2D eigenvalue weighted by molar-refractivity contribution is 0.540. The minimum absolute atomic E-state index is 0.488. The first kappa shape index (κ1) is 16.8. The van der Waals surface area contributed by atoms with E-state index < -0.39 is 14.8 Å². The third kappa shape index (κ3) is 5.83. The van der Waals surface area contributed by atoms with Crippen LogP contribution in [0.25, 0.3) is 0 Å². The third-order valence-corrected chi connectivity index (χ3v) is 5.00. The third-order valence-electron chi connectivity index (χ3n) is 2.80. The molecule has 0 unspecified atom stereocenters. The number of hydrogen-bond acceptors (Lipinski definition) is 5. The van der Waals surface area contributed by atoms with Gasteiger partial charge in [0.15, 0.2) is 0 Å². The Morgan fingerprint density at radius 3 is 2.25 bits per heavy atom. The van der Waals surface area contributed by atoms with Gasteiger partial charge in [0.25, 0.3) is 0 Å². The highest BCUT2D eigenvalue weighted by atomic mass is 32.2. The minimum Gasteiger partial charge on any atom is -0.354 e. The van der Waals surface area contributed by atoms with Gasteiger partial charge in [-0.1, -0.05) is 6.42 Å². The first-order valence-electron chi connectivity index (χ1n) is 6.83. The first-order chi connectivity index (χ1) is 9.33. The number of rotatable bonds is 8. The van der Waals surface area contributed by atoms with E-state index in [9.17, 15) is 8.42 Å². The number of aromatic nitrogens is 2. The van der Waals surface area contributed by atoms with E-state index in [2.05, 4.69) is 20.0 Å². The number of hydrogen-bond donors (Lipinski definition) is 2. The van der Waals surface area contributed by atoms with Crippen molar-refractivity contribution in [1.29, 1.82) is 0 Å². The quantitative estimate of drug-likeness (QED) is 0.715. The number of anilines is 1. The summed E-state index contributed by atoms with van der Waals surface area (Å²) in [5, 5.41) is 3.12. The highest BCUT2D eigenvalue weighted by Gasteiger charge is 2.27. The van der Waals surface area contributed by atoms with Crippen molar-refractivity contribution in [2.45, 2.75) is 44.8 Å². The molecule has 7 heteroatoms. The second-order valence-electron chi connectivity index (χ2n) is 5.57. The molecular weight excluding hydrogens is 276 g/mol. The van der Waals surface area contributed by atoms with E-state index in [0.29, 0.717) is 12.5 Å². The second kappa shape index (κ2) is 7.54. The average molecular weight is 300 g/mol. The van der Waals surface area contributed by atoms with Gasteiger partial charge in [-0.05, 0) is 39.7 Å². The van der Waals surface area contributed by atoms with Gasteiger partial charge in [0.1, 0.15) is 0 Å². The van der Waals surface area contributed by atoms with Crippen LogP contribution in [-0.2, 0) is 10.0 Å². The Balaban J connectivity index is 2.09. The number of unbranched alkanes of at least 4 members (excludes halogenated alkanes) is 2. The Bertz CT molecular complexity index is 483. The van der Waals surface area contributed by atoms with Crippen LogP contribution in [0, 0.1) is 0 Å². The summed E-state index contributed by atoms with van der Waals surface area (Å²) in [5.74, 6) is 0.626. The summed E-state index contributed by atoms with van der Waals surface area (Å²) in [7, 11) is -3.22. The number of sulfonamides is 1. The molecule has 0 bridgehead atoms. The molecule has 0 radical (unpaired) electrons. The van der Waals surface area contributed by atoms with E-state index in [1.807, 2.05) is 0 Å². The van der Waals surface area contributed by atoms with Crippen molar-refractivity contribution in [1.82, 2.24) is 14.7 Å². The van der Waals surface area contributed by atoms with E-state index in [1.165, 1.54) is 0 Å².